The highest BCUT2D eigenvalue weighted by atomic mass is 16.1. The molecule has 0 spiro atoms. The minimum atomic E-state index is -0.0545. The first kappa shape index (κ1) is 14.0. The molecule has 0 radical (unpaired) electrons. The number of rotatable bonds is 3. The molecule has 21 heavy (non-hydrogen) atoms. The predicted molar refractivity (Wildman–Crippen MR) is 83.2 cm³/mol. The topological polar surface area (TPSA) is 49.0 Å². The maximum atomic E-state index is 11.7. The molecule has 0 saturated carbocycles. The maximum Gasteiger partial charge on any atom is 0.251 e. The Morgan fingerprint density at radius 3 is 2.81 bits per heavy atom. The average Bonchev–Trinajstić information content (AvgIpc) is 2.46. The molecule has 1 aromatic heterocycles. The van der Waals surface area contributed by atoms with Gasteiger partial charge in [0.25, 0.3) is 5.56 Å². The number of nitrogens with zero attached hydrogens (tertiary/aromatic N) is 2. The van der Waals surface area contributed by atoms with Crippen LogP contribution in [0.5, 0.6) is 0 Å². The summed E-state index contributed by atoms with van der Waals surface area (Å²) in [5.74, 6) is 1.01. The maximum absolute atomic E-state index is 11.7. The highest BCUT2D eigenvalue weighted by Crippen LogP contribution is 2.19. The van der Waals surface area contributed by atoms with Crippen molar-refractivity contribution in [3.05, 3.63) is 63.3 Å². The lowest BCUT2D eigenvalue weighted by atomic mass is 10.00. The molecular weight excluding hydrogens is 262 g/mol. The number of aromatic nitrogens is 2. The molecule has 4 nitrogen and oxygen atoms in total. The van der Waals surface area contributed by atoms with Crippen LogP contribution < -0.4 is 5.56 Å². The van der Waals surface area contributed by atoms with E-state index in [9.17, 15) is 4.79 Å². The van der Waals surface area contributed by atoms with Crippen molar-refractivity contribution in [3.63, 3.8) is 0 Å². The van der Waals surface area contributed by atoms with Crippen molar-refractivity contribution in [1.29, 1.82) is 0 Å². The first-order chi connectivity index (χ1) is 10.1. The Hall–Kier alpha value is -1.94. The summed E-state index contributed by atoms with van der Waals surface area (Å²) in [5, 5.41) is 0. The number of H-pyrrole nitrogens is 1. The standard InChI is InChI=1S/C17H21N3O/c1-12(2)17-18-15(9-16(21)19-17)11-20-8-7-13-5-3-4-6-14(13)10-20/h3-6,9,12H,7-8,10-11H2,1-2H3,(H,18,19,21). The number of aromatic amines is 1. The van der Waals surface area contributed by atoms with Crippen molar-refractivity contribution < 1.29 is 0 Å². The third kappa shape index (κ3) is 3.22. The van der Waals surface area contributed by atoms with E-state index in [-0.39, 0.29) is 11.5 Å². The van der Waals surface area contributed by atoms with Gasteiger partial charge in [-0.05, 0) is 17.5 Å². The molecule has 2 aromatic rings. The number of nitrogens with one attached hydrogen (secondary N) is 1. The van der Waals surface area contributed by atoms with E-state index >= 15 is 0 Å². The largest absolute Gasteiger partial charge is 0.310 e. The third-order valence-corrected chi connectivity index (χ3v) is 3.96. The molecule has 0 bridgehead atoms. The monoisotopic (exact) mass is 283 g/mol. The second-order valence-corrected chi connectivity index (χ2v) is 6.01. The van der Waals surface area contributed by atoms with Crippen LogP contribution in [-0.2, 0) is 19.5 Å². The molecular formula is C17H21N3O. The molecule has 0 saturated heterocycles. The van der Waals surface area contributed by atoms with Gasteiger partial charge in [0.05, 0.1) is 5.69 Å². The van der Waals surface area contributed by atoms with E-state index in [2.05, 4.69) is 39.1 Å². The normalized spacial score (nSPS) is 15.2. The van der Waals surface area contributed by atoms with Crippen molar-refractivity contribution in [1.82, 2.24) is 14.9 Å². The number of fused-ring (bicyclic) bond motifs is 1. The zero-order chi connectivity index (χ0) is 14.8. The van der Waals surface area contributed by atoms with Gasteiger partial charge in [-0.15, -0.1) is 0 Å². The molecule has 3 rings (SSSR count). The molecule has 0 atom stereocenters. The van der Waals surface area contributed by atoms with Crippen LogP contribution in [0.2, 0.25) is 0 Å². The van der Waals surface area contributed by atoms with Crippen LogP contribution in [0.3, 0.4) is 0 Å². The van der Waals surface area contributed by atoms with Crippen molar-refractivity contribution in [2.45, 2.75) is 39.3 Å². The fourth-order valence-electron chi connectivity index (χ4n) is 2.80. The molecule has 0 aliphatic carbocycles. The minimum absolute atomic E-state index is 0.0545. The van der Waals surface area contributed by atoms with E-state index < -0.39 is 0 Å². The lowest BCUT2D eigenvalue weighted by molar-refractivity contribution is 0.242. The molecule has 0 amide bonds. The van der Waals surface area contributed by atoms with Crippen molar-refractivity contribution in [2.75, 3.05) is 6.54 Å². The fourth-order valence-corrected chi connectivity index (χ4v) is 2.80. The highest BCUT2D eigenvalue weighted by Gasteiger charge is 2.17. The van der Waals surface area contributed by atoms with Crippen molar-refractivity contribution in [3.8, 4) is 0 Å². The van der Waals surface area contributed by atoms with Crippen LogP contribution in [0.25, 0.3) is 0 Å². The van der Waals surface area contributed by atoms with Crippen LogP contribution in [0, 0.1) is 0 Å². The summed E-state index contributed by atoms with van der Waals surface area (Å²) in [6, 6.07) is 10.2. The first-order valence-corrected chi connectivity index (χ1v) is 7.51. The molecule has 1 aromatic carbocycles. The van der Waals surface area contributed by atoms with Gasteiger partial charge in [0, 0.05) is 31.6 Å². The summed E-state index contributed by atoms with van der Waals surface area (Å²) < 4.78 is 0. The van der Waals surface area contributed by atoms with E-state index in [1.54, 1.807) is 6.07 Å². The lowest BCUT2D eigenvalue weighted by Crippen LogP contribution is -2.31. The summed E-state index contributed by atoms with van der Waals surface area (Å²) in [6.45, 7) is 6.76. The van der Waals surface area contributed by atoms with Crippen LogP contribution in [0.15, 0.2) is 35.1 Å². The van der Waals surface area contributed by atoms with Crippen LogP contribution >= 0.6 is 0 Å². The smallest absolute Gasteiger partial charge is 0.251 e. The minimum Gasteiger partial charge on any atom is -0.310 e. The molecule has 0 fully saturated rings. The molecule has 0 unspecified atom stereocenters. The summed E-state index contributed by atoms with van der Waals surface area (Å²) in [7, 11) is 0. The van der Waals surface area contributed by atoms with E-state index in [4.69, 9.17) is 0 Å². The Kier molecular flexibility index (Phi) is 3.88. The van der Waals surface area contributed by atoms with E-state index in [1.165, 1.54) is 11.1 Å². The molecule has 2 heterocycles. The van der Waals surface area contributed by atoms with E-state index in [1.807, 2.05) is 13.8 Å². The predicted octanol–water partition coefficient (Wildman–Crippen LogP) is 2.45. The van der Waals surface area contributed by atoms with E-state index in [0.717, 1.165) is 37.6 Å². The first-order valence-electron chi connectivity index (χ1n) is 7.51. The second-order valence-electron chi connectivity index (χ2n) is 6.01. The van der Waals surface area contributed by atoms with Crippen molar-refractivity contribution in [2.24, 2.45) is 0 Å². The van der Waals surface area contributed by atoms with Gasteiger partial charge in [0.1, 0.15) is 5.82 Å². The van der Waals surface area contributed by atoms with Crippen molar-refractivity contribution >= 4 is 0 Å². The Labute approximate surface area is 124 Å². The molecule has 4 heteroatoms. The fraction of sp³-hybridized carbons (Fsp3) is 0.412. The summed E-state index contributed by atoms with van der Waals surface area (Å²) in [6.07, 6.45) is 1.07. The quantitative estimate of drug-likeness (QED) is 0.941. The van der Waals surface area contributed by atoms with Gasteiger partial charge in [-0.25, -0.2) is 4.98 Å². The molecule has 1 N–H and O–H groups in total. The van der Waals surface area contributed by atoms with Gasteiger partial charge in [-0.1, -0.05) is 38.1 Å². The van der Waals surface area contributed by atoms with Gasteiger partial charge in [0.2, 0.25) is 0 Å². The Morgan fingerprint density at radius 2 is 2.05 bits per heavy atom. The zero-order valence-electron chi connectivity index (χ0n) is 12.6. The summed E-state index contributed by atoms with van der Waals surface area (Å²) in [5.41, 5.74) is 3.64. The van der Waals surface area contributed by atoms with Crippen LogP contribution in [0.1, 0.15) is 42.4 Å². The van der Waals surface area contributed by atoms with Crippen LogP contribution in [-0.4, -0.2) is 21.4 Å². The Bertz CT molecular complexity index is 690. The second kappa shape index (κ2) is 5.82. The molecule has 1 aliphatic heterocycles. The number of hydrogen-bond acceptors (Lipinski definition) is 3. The molecule has 110 valence electrons. The van der Waals surface area contributed by atoms with Gasteiger partial charge < -0.3 is 4.98 Å². The van der Waals surface area contributed by atoms with Gasteiger partial charge in [-0.2, -0.15) is 0 Å². The average molecular weight is 283 g/mol. The number of hydrogen-bond donors (Lipinski definition) is 1. The van der Waals surface area contributed by atoms with Crippen LogP contribution in [0.4, 0.5) is 0 Å². The summed E-state index contributed by atoms with van der Waals surface area (Å²) >= 11 is 0. The van der Waals surface area contributed by atoms with Gasteiger partial charge in [-0.3, -0.25) is 9.69 Å². The zero-order valence-corrected chi connectivity index (χ0v) is 12.6. The Balaban J connectivity index is 1.78. The van der Waals surface area contributed by atoms with Gasteiger partial charge in [0.15, 0.2) is 0 Å². The molecule has 1 aliphatic rings. The number of benzene rings is 1. The van der Waals surface area contributed by atoms with Gasteiger partial charge >= 0.3 is 0 Å². The highest BCUT2D eigenvalue weighted by molar-refractivity contribution is 5.29. The summed E-state index contributed by atoms with van der Waals surface area (Å²) in [4.78, 5) is 21.5. The van der Waals surface area contributed by atoms with E-state index in [0.29, 0.717) is 0 Å². The third-order valence-electron chi connectivity index (χ3n) is 3.96. The lowest BCUT2D eigenvalue weighted by Gasteiger charge is -2.28. The SMILES string of the molecule is CC(C)c1nc(CN2CCc3ccccc3C2)cc(=O)[nH]1. The Morgan fingerprint density at radius 1 is 1.29 bits per heavy atom.